The standard InChI is InChI=1S/C12H14N4O/c13-11-6-7-12(15-16(11)17)14-9-8-10-4-2-1-3-5-10/h1-7,13,17H,8-9H2,(H,14,15). The smallest absolute Gasteiger partial charge is 0.182 e. The molecule has 3 N–H and O–H groups in total. The molecule has 0 saturated heterocycles. The summed E-state index contributed by atoms with van der Waals surface area (Å²) in [5.41, 5.74) is 1.20. The second kappa shape index (κ2) is 5.16. The summed E-state index contributed by atoms with van der Waals surface area (Å²) < 4.78 is 0. The molecule has 0 spiro atoms. The number of benzene rings is 1. The van der Waals surface area contributed by atoms with E-state index in [2.05, 4.69) is 22.5 Å². The van der Waals surface area contributed by atoms with Gasteiger partial charge in [-0.25, -0.2) is 0 Å². The summed E-state index contributed by atoms with van der Waals surface area (Å²) in [6, 6.07) is 13.3. The highest BCUT2D eigenvalue weighted by molar-refractivity contribution is 5.31. The highest BCUT2D eigenvalue weighted by Gasteiger charge is 1.96. The van der Waals surface area contributed by atoms with Gasteiger partial charge in [-0.2, -0.15) is 0 Å². The van der Waals surface area contributed by atoms with Crippen LogP contribution in [0.1, 0.15) is 5.56 Å². The first-order chi connectivity index (χ1) is 8.25. The van der Waals surface area contributed by atoms with Crippen molar-refractivity contribution in [3.63, 3.8) is 0 Å². The summed E-state index contributed by atoms with van der Waals surface area (Å²) in [4.78, 5) is 0.546. The van der Waals surface area contributed by atoms with Gasteiger partial charge in [-0.3, -0.25) is 5.41 Å². The molecule has 0 bridgehead atoms. The Balaban J connectivity index is 1.90. The second-order valence-corrected chi connectivity index (χ2v) is 3.66. The molecule has 0 aliphatic rings. The normalized spacial score (nSPS) is 10.1. The van der Waals surface area contributed by atoms with Crippen LogP contribution in [0.4, 0.5) is 5.82 Å². The lowest BCUT2D eigenvalue weighted by molar-refractivity contribution is 0.131. The molecule has 88 valence electrons. The Hall–Kier alpha value is -2.30. The first kappa shape index (κ1) is 11.2. The van der Waals surface area contributed by atoms with Crippen LogP contribution < -0.4 is 10.8 Å². The second-order valence-electron chi connectivity index (χ2n) is 3.66. The van der Waals surface area contributed by atoms with E-state index in [-0.39, 0.29) is 5.49 Å². The lowest BCUT2D eigenvalue weighted by atomic mass is 10.1. The number of aromatic nitrogens is 2. The van der Waals surface area contributed by atoms with E-state index in [1.54, 1.807) is 6.07 Å². The molecule has 1 heterocycles. The van der Waals surface area contributed by atoms with Crippen LogP contribution in [0.5, 0.6) is 0 Å². The van der Waals surface area contributed by atoms with Gasteiger partial charge in [-0.15, -0.1) is 5.10 Å². The molecule has 0 aliphatic heterocycles. The quantitative estimate of drug-likeness (QED) is 0.692. The van der Waals surface area contributed by atoms with Crippen LogP contribution in [0, 0.1) is 5.41 Å². The number of rotatable bonds is 4. The van der Waals surface area contributed by atoms with Crippen LogP contribution in [-0.4, -0.2) is 21.7 Å². The van der Waals surface area contributed by atoms with Crippen molar-refractivity contribution in [1.29, 1.82) is 5.41 Å². The molecule has 0 amide bonds. The summed E-state index contributed by atoms with van der Waals surface area (Å²) in [6.45, 7) is 0.731. The van der Waals surface area contributed by atoms with Gasteiger partial charge >= 0.3 is 0 Å². The third-order valence-electron chi connectivity index (χ3n) is 2.38. The number of hydrogen-bond donors (Lipinski definition) is 3. The molecule has 17 heavy (non-hydrogen) atoms. The maximum absolute atomic E-state index is 9.19. The largest absolute Gasteiger partial charge is 0.410 e. The Morgan fingerprint density at radius 2 is 1.94 bits per heavy atom. The zero-order valence-corrected chi connectivity index (χ0v) is 9.30. The number of nitrogens with zero attached hydrogens (tertiary/aromatic N) is 2. The van der Waals surface area contributed by atoms with E-state index in [0.29, 0.717) is 10.7 Å². The van der Waals surface area contributed by atoms with Crippen molar-refractivity contribution in [1.82, 2.24) is 9.94 Å². The predicted molar refractivity (Wildman–Crippen MR) is 63.9 cm³/mol. The van der Waals surface area contributed by atoms with Crippen molar-refractivity contribution in [3.05, 3.63) is 53.5 Å². The molecule has 2 aromatic rings. The van der Waals surface area contributed by atoms with Crippen molar-refractivity contribution in [2.45, 2.75) is 6.42 Å². The van der Waals surface area contributed by atoms with E-state index in [0.717, 1.165) is 13.0 Å². The molecule has 5 heteroatoms. The van der Waals surface area contributed by atoms with E-state index in [4.69, 9.17) is 5.41 Å². The number of nitrogens with one attached hydrogen (secondary N) is 2. The summed E-state index contributed by atoms with van der Waals surface area (Å²) >= 11 is 0. The van der Waals surface area contributed by atoms with E-state index >= 15 is 0 Å². The van der Waals surface area contributed by atoms with Gasteiger partial charge in [-0.05, 0) is 24.1 Å². The minimum Gasteiger partial charge on any atom is -0.410 e. The summed E-state index contributed by atoms with van der Waals surface area (Å²) in [6.07, 6.45) is 0.885. The van der Waals surface area contributed by atoms with Gasteiger partial charge in [0.15, 0.2) is 5.49 Å². The predicted octanol–water partition coefficient (Wildman–Crippen LogP) is 1.25. The fraction of sp³-hybridized carbons (Fsp3) is 0.167. The lowest BCUT2D eigenvalue weighted by Crippen LogP contribution is -2.21. The average Bonchev–Trinajstić information content (AvgIpc) is 2.35. The van der Waals surface area contributed by atoms with Gasteiger partial charge in [0.2, 0.25) is 0 Å². The van der Waals surface area contributed by atoms with E-state index < -0.39 is 0 Å². The highest BCUT2D eigenvalue weighted by atomic mass is 16.5. The summed E-state index contributed by atoms with van der Waals surface area (Å²) in [5, 5.41) is 23.3. The van der Waals surface area contributed by atoms with Crippen LogP contribution in [0.15, 0.2) is 42.5 Å². The van der Waals surface area contributed by atoms with Crippen LogP contribution in [0.3, 0.4) is 0 Å². The van der Waals surface area contributed by atoms with Gasteiger partial charge in [0, 0.05) is 6.54 Å². The zero-order valence-electron chi connectivity index (χ0n) is 9.30. The SMILES string of the molecule is N=c1ccc(NCCc2ccccc2)nn1O. The lowest BCUT2D eigenvalue weighted by Gasteiger charge is -2.06. The van der Waals surface area contributed by atoms with Gasteiger partial charge in [-0.1, -0.05) is 35.2 Å². The highest BCUT2D eigenvalue weighted by Crippen LogP contribution is 2.01. The fourth-order valence-electron chi connectivity index (χ4n) is 1.49. The van der Waals surface area contributed by atoms with E-state index in [9.17, 15) is 5.21 Å². The van der Waals surface area contributed by atoms with Gasteiger partial charge < -0.3 is 10.5 Å². The molecule has 0 unspecified atom stereocenters. The molecule has 1 aromatic heterocycles. The summed E-state index contributed by atoms with van der Waals surface area (Å²) in [5.74, 6) is 0.555. The molecular weight excluding hydrogens is 216 g/mol. The van der Waals surface area contributed by atoms with Crippen molar-refractivity contribution < 1.29 is 5.21 Å². The monoisotopic (exact) mass is 230 g/mol. The molecule has 0 aliphatic carbocycles. The van der Waals surface area contributed by atoms with Gasteiger partial charge in [0.05, 0.1) is 0 Å². The Labute approximate surface area is 98.8 Å². The summed E-state index contributed by atoms with van der Waals surface area (Å²) in [7, 11) is 0. The molecule has 0 saturated carbocycles. The minimum absolute atomic E-state index is 0.0430. The van der Waals surface area contributed by atoms with Crippen LogP contribution in [0.25, 0.3) is 0 Å². The van der Waals surface area contributed by atoms with E-state index in [1.165, 1.54) is 11.6 Å². The van der Waals surface area contributed by atoms with Crippen molar-refractivity contribution in [2.24, 2.45) is 0 Å². The third kappa shape index (κ3) is 3.07. The van der Waals surface area contributed by atoms with E-state index in [1.807, 2.05) is 18.2 Å². The Morgan fingerprint density at radius 1 is 1.18 bits per heavy atom. The molecule has 1 aromatic carbocycles. The maximum atomic E-state index is 9.19. The molecule has 2 rings (SSSR count). The Bertz CT molecular complexity index is 536. The number of anilines is 1. The minimum atomic E-state index is -0.0430. The first-order valence-electron chi connectivity index (χ1n) is 5.38. The average molecular weight is 230 g/mol. The third-order valence-corrected chi connectivity index (χ3v) is 2.38. The topological polar surface area (TPSA) is 73.9 Å². The molecule has 5 nitrogen and oxygen atoms in total. The number of hydrogen-bond acceptors (Lipinski definition) is 4. The van der Waals surface area contributed by atoms with Gasteiger partial charge in [0.1, 0.15) is 5.82 Å². The maximum Gasteiger partial charge on any atom is 0.182 e. The van der Waals surface area contributed by atoms with Crippen molar-refractivity contribution in [2.75, 3.05) is 11.9 Å². The fourth-order valence-corrected chi connectivity index (χ4v) is 1.49. The molecular formula is C12H14N4O. The zero-order chi connectivity index (χ0) is 12.1. The van der Waals surface area contributed by atoms with Crippen LogP contribution >= 0.6 is 0 Å². The Morgan fingerprint density at radius 3 is 2.65 bits per heavy atom. The molecule has 0 fully saturated rings. The Kier molecular flexibility index (Phi) is 3.40. The van der Waals surface area contributed by atoms with Crippen molar-refractivity contribution >= 4 is 5.82 Å². The first-order valence-corrected chi connectivity index (χ1v) is 5.38. The van der Waals surface area contributed by atoms with Gasteiger partial charge in [0.25, 0.3) is 0 Å². The molecule has 0 radical (unpaired) electrons. The molecule has 0 atom stereocenters. The van der Waals surface area contributed by atoms with Crippen LogP contribution in [-0.2, 0) is 6.42 Å². The van der Waals surface area contributed by atoms with Crippen molar-refractivity contribution in [3.8, 4) is 0 Å². The van der Waals surface area contributed by atoms with Crippen LogP contribution in [0.2, 0.25) is 0 Å².